The number of rotatable bonds is 7. The molecule has 0 amide bonds. The molecule has 1 unspecified atom stereocenters. The number of thioether (sulfide) groups is 1. The Balaban J connectivity index is 2.32. The van der Waals surface area contributed by atoms with Gasteiger partial charge in [0.05, 0.1) is 17.6 Å². The largest absolute Gasteiger partial charge is 0.465 e. The molecule has 0 aromatic heterocycles. The Kier molecular flexibility index (Phi) is 7.59. The van der Waals surface area contributed by atoms with Crippen LogP contribution >= 0.6 is 11.8 Å². The number of esters is 1. The van der Waals surface area contributed by atoms with Crippen molar-refractivity contribution >= 4 is 27.8 Å². The van der Waals surface area contributed by atoms with Gasteiger partial charge in [-0.3, -0.25) is 0 Å². The summed E-state index contributed by atoms with van der Waals surface area (Å²) in [5, 5.41) is 0. The van der Waals surface area contributed by atoms with Gasteiger partial charge in [0.15, 0.2) is 0 Å². The van der Waals surface area contributed by atoms with Crippen molar-refractivity contribution in [1.29, 1.82) is 0 Å². The second-order valence-corrected chi connectivity index (χ2v) is 9.45. The molecule has 0 heterocycles. The maximum atomic E-state index is 13.6. The van der Waals surface area contributed by atoms with Crippen LogP contribution in [0.15, 0.2) is 46.2 Å². The number of alkyl halides is 3. The lowest BCUT2D eigenvalue weighted by molar-refractivity contribution is -0.145. The number of hydrogen-bond donors (Lipinski definition) is 1. The topological polar surface area (TPSA) is 72.5 Å². The van der Waals surface area contributed by atoms with Crippen LogP contribution in [0, 0.1) is 20.8 Å². The second kappa shape index (κ2) is 9.40. The van der Waals surface area contributed by atoms with E-state index in [2.05, 4.69) is 4.74 Å². The Labute approximate surface area is 178 Å². The molecular formula is C20H22F3NO4S2. The molecule has 164 valence electrons. The number of methoxy groups -OCH3 is 1. The zero-order chi connectivity index (χ0) is 22.7. The fourth-order valence-corrected chi connectivity index (χ4v) is 5.96. The van der Waals surface area contributed by atoms with E-state index in [1.807, 2.05) is 0 Å². The molecule has 0 spiro atoms. The van der Waals surface area contributed by atoms with E-state index < -0.39 is 34.0 Å². The van der Waals surface area contributed by atoms with E-state index in [9.17, 15) is 26.4 Å². The van der Waals surface area contributed by atoms with E-state index in [4.69, 9.17) is 0 Å². The number of carbonyl (C=O) groups is 1. The second-order valence-electron chi connectivity index (χ2n) is 6.74. The average Bonchev–Trinajstić information content (AvgIpc) is 2.62. The number of hydrogen-bond acceptors (Lipinski definition) is 5. The highest BCUT2D eigenvalue weighted by Crippen LogP contribution is 2.31. The molecule has 0 aliphatic rings. The highest BCUT2D eigenvalue weighted by molar-refractivity contribution is 7.99. The summed E-state index contributed by atoms with van der Waals surface area (Å²) < 4.78 is 72.9. The third-order valence-electron chi connectivity index (χ3n) is 4.26. The number of carbonyl (C=O) groups excluding carboxylic acids is 1. The van der Waals surface area contributed by atoms with E-state index in [-0.39, 0.29) is 15.4 Å². The fourth-order valence-electron chi connectivity index (χ4n) is 3.08. The predicted molar refractivity (Wildman–Crippen MR) is 109 cm³/mol. The lowest BCUT2D eigenvalue weighted by Crippen LogP contribution is -2.47. The highest BCUT2D eigenvalue weighted by atomic mass is 32.2. The SMILES string of the molecule is COC(=O)c1ccccc1SCC(NS(=O)(=O)c1c(C)cc(C)cc1C)C(F)(F)F. The third-order valence-corrected chi connectivity index (χ3v) is 7.21. The van der Waals surface area contributed by atoms with E-state index in [0.717, 1.165) is 17.3 Å². The number of halogens is 3. The first-order chi connectivity index (χ1) is 13.9. The summed E-state index contributed by atoms with van der Waals surface area (Å²) in [6.07, 6.45) is -4.83. The fraction of sp³-hybridized carbons (Fsp3) is 0.350. The lowest BCUT2D eigenvalue weighted by atomic mass is 10.1. The van der Waals surface area contributed by atoms with Crippen molar-refractivity contribution in [1.82, 2.24) is 4.72 Å². The molecule has 0 saturated carbocycles. The molecule has 1 atom stereocenters. The van der Waals surface area contributed by atoms with Gasteiger partial charge in [0.1, 0.15) is 6.04 Å². The van der Waals surface area contributed by atoms with Gasteiger partial charge in [-0.2, -0.15) is 17.9 Å². The Morgan fingerprint density at radius 1 is 1.13 bits per heavy atom. The average molecular weight is 462 g/mol. The molecule has 2 aromatic carbocycles. The molecule has 2 aromatic rings. The molecule has 30 heavy (non-hydrogen) atoms. The normalized spacial score (nSPS) is 13.2. The number of sulfonamides is 1. The maximum Gasteiger partial charge on any atom is 0.405 e. The van der Waals surface area contributed by atoms with Crippen molar-refractivity contribution in [3.63, 3.8) is 0 Å². The van der Waals surface area contributed by atoms with Crippen LogP contribution < -0.4 is 4.72 Å². The summed E-state index contributed by atoms with van der Waals surface area (Å²) >= 11 is 0.725. The van der Waals surface area contributed by atoms with Crippen molar-refractivity contribution in [2.75, 3.05) is 12.9 Å². The summed E-state index contributed by atoms with van der Waals surface area (Å²) in [5.41, 5.74) is 1.65. The van der Waals surface area contributed by atoms with Crippen molar-refractivity contribution in [3.8, 4) is 0 Å². The Morgan fingerprint density at radius 3 is 2.23 bits per heavy atom. The van der Waals surface area contributed by atoms with Crippen LogP contribution in [0.1, 0.15) is 27.0 Å². The van der Waals surface area contributed by atoms with Crippen LogP contribution in [0.4, 0.5) is 13.2 Å². The van der Waals surface area contributed by atoms with E-state index in [0.29, 0.717) is 11.1 Å². The van der Waals surface area contributed by atoms with Gasteiger partial charge in [0.2, 0.25) is 10.0 Å². The summed E-state index contributed by atoms with van der Waals surface area (Å²) in [7, 11) is -3.26. The van der Waals surface area contributed by atoms with Gasteiger partial charge in [-0.25, -0.2) is 13.2 Å². The Bertz CT molecular complexity index is 1010. The van der Waals surface area contributed by atoms with Crippen LogP contribution in [0.25, 0.3) is 0 Å². The maximum absolute atomic E-state index is 13.6. The first-order valence-electron chi connectivity index (χ1n) is 8.84. The Hall–Kier alpha value is -2.04. The molecule has 0 saturated heterocycles. The van der Waals surface area contributed by atoms with Gasteiger partial charge < -0.3 is 4.74 Å². The molecule has 5 nitrogen and oxygen atoms in total. The first kappa shape index (κ1) is 24.2. The van der Waals surface area contributed by atoms with E-state index in [1.54, 1.807) is 49.8 Å². The monoisotopic (exact) mass is 461 g/mol. The van der Waals surface area contributed by atoms with Gasteiger partial charge in [0.25, 0.3) is 0 Å². The molecule has 0 bridgehead atoms. The number of benzene rings is 2. The van der Waals surface area contributed by atoms with Gasteiger partial charge in [-0.15, -0.1) is 11.8 Å². The van der Waals surface area contributed by atoms with Crippen molar-refractivity contribution in [3.05, 3.63) is 58.7 Å². The molecule has 0 radical (unpaired) electrons. The minimum Gasteiger partial charge on any atom is -0.465 e. The predicted octanol–water partition coefficient (Wildman–Crippen LogP) is 4.40. The van der Waals surface area contributed by atoms with Crippen molar-refractivity contribution < 1.29 is 31.1 Å². The van der Waals surface area contributed by atoms with Crippen molar-refractivity contribution in [2.45, 2.75) is 42.8 Å². The quantitative estimate of drug-likeness (QED) is 0.489. The van der Waals surface area contributed by atoms with Crippen LogP contribution in [0.5, 0.6) is 0 Å². The number of nitrogens with one attached hydrogen (secondary N) is 1. The smallest absolute Gasteiger partial charge is 0.405 e. The molecule has 2 rings (SSSR count). The van der Waals surface area contributed by atoms with Gasteiger partial charge in [-0.05, 0) is 44.0 Å². The van der Waals surface area contributed by atoms with Crippen LogP contribution in [-0.2, 0) is 14.8 Å². The summed E-state index contributed by atoms with van der Waals surface area (Å²) in [6, 6.07) is 6.90. The van der Waals surface area contributed by atoms with Crippen molar-refractivity contribution in [2.24, 2.45) is 0 Å². The Morgan fingerprint density at radius 2 is 1.70 bits per heavy atom. The highest BCUT2D eigenvalue weighted by Gasteiger charge is 2.43. The zero-order valence-electron chi connectivity index (χ0n) is 16.8. The molecule has 0 fully saturated rings. The minimum absolute atomic E-state index is 0.110. The van der Waals surface area contributed by atoms with E-state index >= 15 is 0 Å². The summed E-state index contributed by atoms with van der Waals surface area (Å²) in [5.74, 6) is -1.34. The molecule has 10 heteroatoms. The standard InChI is InChI=1S/C20H22F3NO4S2/c1-12-9-13(2)18(14(3)10-12)30(26,27)24-17(20(21,22)23)11-29-16-8-6-5-7-15(16)19(25)28-4/h5-10,17,24H,11H2,1-4H3. The molecular weight excluding hydrogens is 439 g/mol. The minimum atomic E-state index is -4.83. The van der Waals surface area contributed by atoms with Crippen LogP contribution in [0.3, 0.4) is 0 Å². The number of aryl methyl sites for hydroxylation is 3. The summed E-state index contributed by atoms with van der Waals surface area (Å²) in [4.78, 5) is 11.9. The lowest BCUT2D eigenvalue weighted by Gasteiger charge is -2.23. The van der Waals surface area contributed by atoms with Gasteiger partial charge in [-0.1, -0.05) is 29.8 Å². The zero-order valence-corrected chi connectivity index (χ0v) is 18.5. The van der Waals surface area contributed by atoms with Crippen LogP contribution in [0.2, 0.25) is 0 Å². The third kappa shape index (κ3) is 5.77. The number of ether oxygens (including phenoxy) is 1. The van der Waals surface area contributed by atoms with Crippen LogP contribution in [-0.4, -0.2) is 39.5 Å². The molecule has 1 N–H and O–H groups in total. The first-order valence-corrected chi connectivity index (χ1v) is 11.3. The molecule has 0 aliphatic carbocycles. The summed E-state index contributed by atoms with van der Waals surface area (Å²) in [6.45, 7) is 4.86. The van der Waals surface area contributed by atoms with E-state index in [1.165, 1.54) is 19.2 Å². The van der Waals surface area contributed by atoms with Gasteiger partial charge in [0, 0.05) is 10.6 Å². The molecule has 0 aliphatic heterocycles. The van der Waals surface area contributed by atoms with Gasteiger partial charge >= 0.3 is 12.1 Å².